The van der Waals surface area contributed by atoms with Crippen molar-refractivity contribution in [1.29, 1.82) is 0 Å². The number of carbonyl (C=O) groups excluding carboxylic acids is 1. The highest BCUT2D eigenvalue weighted by molar-refractivity contribution is 5.87. The molecule has 12 heteroatoms. The summed E-state index contributed by atoms with van der Waals surface area (Å²) >= 11 is 0. The van der Waals surface area contributed by atoms with Crippen molar-refractivity contribution in [1.82, 2.24) is 14.9 Å². The number of H-pyrrole nitrogens is 1. The van der Waals surface area contributed by atoms with E-state index in [2.05, 4.69) is 5.32 Å². The summed E-state index contributed by atoms with van der Waals surface area (Å²) in [5, 5.41) is 32.5. The van der Waals surface area contributed by atoms with Crippen LogP contribution in [0.2, 0.25) is 0 Å². The number of rotatable bonds is 7. The second-order valence-corrected chi connectivity index (χ2v) is 7.50. The minimum absolute atomic E-state index is 0.168. The van der Waals surface area contributed by atoms with Crippen molar-refractivity contribution in [2.24, 2.45) is 5.73 Å². The van der Waals surface area contributed by atoms with Gasteiger partial charge in [0.15, 0.2) is 12.3 Å². The van der Waals surface area contributed by atoms with Crippen molar-refractivity contribution < 1.29 is 29.6 Å². The van der Waals surface area contributed by atoms with Gasteiger partial charge in [0.25, 0.3) is 5.56 Å². The number of nitrogens with two attached hydrogens (primary N) is 1. The molecule has 32 heavy (non-hydrogen) atoms. The van der Waals surface area contributed by atoms with Crippen LogP contribution in [0.1, 0.15) is 18.2 Å². The molecule has 0 saturated carbocycles. The number of aromatic nitrogens is 2. The van der Waals surface area contributed by atoms with E-state index in [0.29, 0.717) is 0 Å². The van der Waals surface area contributed by atoms with Gasteiger partial charge in [0.2, 0.25) is 5.91 Å². The van der Waals surface area contributed by atoms with E-state index in [1.54, 1.807) is 30.3 Å². The van der Waals surface area contributed by atoms with Crippen molar-refractivity contribution in [3.63, 3.8) is 0 Å². The number of nitrogens with one attached hydrogen (secondary N) is 2. The number of aromatic amines is 1. The number of carboxylic acids is 1. The molecule has 0 aliphatic carbocycles. The normalized spacial score (nSPS) is 25.0. The Morgan fingerprint density at radius 2 is 1.91 bits per heavy atom. The predicted molar refractivity (Wildman–Crippen MR) is 110 cm³/mol. The lowest BCUT2D eigenvalue weighted by Crippen LogP contribution is -2.59. The molecule has 1 aromatic heterocycles. The number of amides is 1. The van der Waals surface area contributed by atoms with Gasteiger partial charge in [-0.05, 0) is 12.0 Å². The monoisotopic (exact) mass is 448 g/mol. The van der Waals surface area contributed by atoms with E-state index in [9.17, 15) is 34.5 Å². The van der Waals surface area contributed by atoms with Gasteiger partial charge in [-0.1, -0.05) is 30.3 Å². The number of aliphatic hydroxyl groups is 2. The largest absolute Gasteiger partial charge is 0.480 e. The number of aliphatic carboxylic acids is 1. The smallest absolute Gasteiger partial charge is 0.330 e. The summed E-state index contributed by atoms with van der Waals surface area (Å²) in [6.07, 6.45) is -4.96. The summed E-state index contributed by atoms with van der Waals surface area (Å²) < 4.78 is 6.42. The Hall–Kier alpha value is -3.32. The fourth-order valence-corrected chi connectivity index (χ4v) is 3.49. The first-order chi connectivity index (χ1) is 15.2. The van der Waals surface area contributed by atoms with Crippen LogP contribution in [0.3, 0.4) is 0 Å². The van der Waals surface area contributed by atoms with E-state index in [4.69, 9.17) is 10.5 Å². The molecule has 1 saturated heterocycles. The molecule has 1 fully saturated rings. The SMILES string of the molecule is N[C@@H](Cc1ccccc1)C(=O)N[C@H](C(=O)O)[C@@H]1C[C@@H](O)[C@@H](O)[C@H](n2ccc(=O)[nH]c2=O)O1. The molecule has 7 N–H and O–H groups in total. The van der Waals surface area contributed by atoms with Gasteiger partial charge < -0.3 is 31.1 Å². The van der Waals surface area contributed by atoms with Crippen LogP contribution in [0.25, 0.3) is 0 Å². The molecule has 6 atom stereocenters. The lowest BCUT2D eigenvalue weighted by Gasteiger charge is -2.39. The second kappa shape index (κ2) is 9.87. The molecule has 3 rings (SSSR count). The van der Waals surface area contributed by atoms with Crippen molar-refractivity contribution in [3.8, 4) is 0 Å². The lowest BCUT2D eigenvalue weighted by molar-refractivity contribution is -0.209. The maximum atomic E-state index is 12.5. The first-order valence-electron chi connectivity index (χ1n) is 9.83. The molecule has 0 unspecified atom stereocenters. The summed E-state index contributed by atoms with van der Waals surface area (Å²) in [4.78, 5) is 49.7. The first-order valence-corrected chi connectivity index (χ1v) is 9.83. The molecule has 2 heterocycles. The van der Waals surface area contributed by atoms with Crippen LogP contribution >= 0.6 is 0 Å². The third-order valence-electron chi connectivity index (χ3n) is 5.17. The third kappa shape index (κ3) is 5.29. The summed E-state index contributed by atoms with van der Waals surface area (Å²) in [7, 11) is 0. The lowest BCUT2D eigenvalue weighted by atomic mass is 9.95. The average molecular weight is 448 g/mol. The maximum Gasteiger partial charge on any atom is 0.330 e. The molecule has 1 aliphatic heterocycles. The van der Waals surface area contributed by atoms with Crippen molar-refractivity contribution >= 4 is 11.9 Å². The summed E-state index contributed by atoms with van der Waals surface area (Å²) in [6.45, 7) is 0. The Kier molecular flexibility index (Phi) is 7.20. The quantitative estimate of drug-likeness (QED) is 0.269. The summed E-state index contributed by atoms with van der Waals surface area (Å²) in [5.74, 6) is -2.20. The molecular weight excluding hydrogens is 424 g/mol. The average Bonchev–Trinajstić information content (AvgIpc) is 2.74. The maximum absolute atomic E-state index is 12.5. The zero-order valence-electron chi connectivity index (χ0n) is 16.8. The first kappa shape index (κ1) is 23.3. The molecule has 12 nitrogen and oxygen atoms in total. The number of nitrogens with zero attached hydrogens (tertiary/aromatic N) is 1. The Balaban J connectivity index is 1.77. The molecule has 2 aromatic rings. The molecular formula is C20H24N4O8. The van der Waals surface area contributed by atoms with Crippen LogP contribution in [0, 0.1) is 0 Å². The molecule has 0 radical (unpaired) electrons. The van der Waals surface area contributed by atoms with Crippen molar-refractivity contribution in [2.45, 2.75) is 49.5 Å². The Labute approximate surface area is 181 Å². The number of benzene rings is 1. The van der Waals surface area contributed by atoms with Crippen LogP contribution in [-0.2, 0) is 20.7 Å². The van der Waals surface area contributed by atoms with E-state index >= 15 is 0 Å². The predicted octanol–water partition coefficient (Wildman–Crippen LogP) is -2.31. The highest BCUT2D eigenvalue weighted by atomic mass is 16.5. The van der Waals surface area contributed by atoms with E-state index in [1.165, 1.54) is 0 Å². The van der Waals surface area contributed by atoms with Crippen molar-refractivity contribution in [3.05, 3.63) is 69.0 Å². The highest BCUT2D eigenvalue weighted by Gasteiger charge is 2.44. The van der Waals surface area contributed by atoms with Gasteiger partial charge in [-0.15, -0.1) is 0 Å². The molecule has 0 bridgehead atoms. The Bertz CT molecular complexity index is 1070. The highest BCUT2D eigenvalue weighted by Crippen LogP contribution is 2.28. The minimum atomic E-state index is -1.62. The third-order valence-corrected chi connectivity index (χ3v) is 5.17. The van der Waals surface area contributed by atoms with Gasteiger partial charge in [-0.2, -0.15) is 0 Å². The number of carbonyl (C=O) groups is 2. The summed E-state index contributed by atoms with van der Waals surface area (Å²) in [6, 6.07) is 7.26. The molecule has 1 aromatic carbocycles. The Morgan fingerprint density at radius 1 is 1.22 bits per heavy atom. The van der Waals surface area contributed by atoms with E-state index < -0.39 is 59.7 Å². The molecule has 1 amide bonds. The number of hydrogen-bond donors (Lipinski definition) is 6. The summed E-state index contributed by atoms with van der Waals surface area (Å²) in [5.41, 5.74) is 5.09. The van der Waals surface area contributed by atoms with Gasteiger partial charge in [0.05, 0.1) is 18.2 Å². The number of carboxylic acid groups (broad SMARTS) is 1. The molecule has 172 valence electrons. The molecule has 0 spiro atoms. The fraction of sp³-hybridized carbons (Fsp3) is 0.400. The van der Waals surface area contributed by atoms with E-state index in [1.807, 2.05) is 4.98 Å². The van der Waals surface area contributed by atoms with Gasteiger partial charge in [-0.25, -0.2) is 9.59 Å². The number of ether oxygens (including phenoxy) is 1. The van der Waals surface area contributed by atoms with Crippen LogP contribution in [0.5, 0.6) is 0 Å². The fourth-order valence-electron chi connectivity index (χ4n) is 3.49. The van der Waals surface area contributed by atoms with Crippen LogP contribution < -0.4 is 22.3 Å². The molecule has 1 aliphatic rings. The Morgan fingerprint density at radius 3 is 2.53 bits per heavy atom. The van der Waals surface area contributed by atoms with Gasteiger partial charge in [0, 0.05) is 18.7 Å². The number of hydrogen-bond acceptors (Lipinski definition) is 8. The van der Waals surface area contributed by atoms with Crippen LogP contribution in [-0.4, -0.2) is 67.1 Å². The van der Waals surface area contributed by atoms with Gasteiger partial charge in [-0.3, -0.25) is 19.1 Å². The van der Waals surface area contributed by atoms with Crippen LogP contribution in [0.15, 0.2) is 52.2 Å². The van der Waals surface area contributed by atoms with Crippen LogP contribution in [0.4, 0.5) is 0 Å². The second-order valence-electron chi connectivity index (χ2n) is 7.50. The minimum Gasteiger partial charge on any atom is -0.480 e. The zero-order valence-corrected chi connectivity index (χ0v) is 16.8. The van der Waals surface area contributed by atoms with Gasteiger partial charge in [0.1, 0.15) is 6.10 Å². The van der Waals surface area contributed by atoms with E-state index in [-0.39, 0.29) is 12.8 Å². The van der Waals surface area contributed by atoms with Gasteiger partial charge >= 0.3 is 11.7 Å². The van der Waals surface area contributed by atoms with Crippen molar-refractivity contribution in [2.75, 3.05) is 0 Å². The van der Waals surface area contributed by atoms with E-state index in [0.717, 1.165) is 22.4 Å². The zero-order chi connectivity index (χ0) is 23.4. The standard InChI is InChI=1S/C20H24N4O8/c21-11(8-10-4-2-1-3-5-10)17(28)23-15(19(29)30)13-9-12(25)16(27)18(32-13)24-7-6-14(26)22-20(24)31/h1-7,11-13,15-16,18,25,27H,8-9,21H2,(H,23,28)(H,29,30)(H,22,26,31)/t11-,12+,13-,15-,16+,18+/m0/s1. The number of aliphatic hydroxyl groups excluding tert-OH is 2. The topological polar surface area (TPSA) is 197 Å².